The Kier molecular flexibility index (Phi) is 2.70. The van der Waals surface area contributed by atoms with Gasteiger partial charge in [0, 0.05) is 0 Å². The third kappa shape index (κ3) is 1.84. The van der Waals surface area contributed by atoms with Crippen LogP contribution in [0, 0.1) is 0 Å². The fourth-order valence-corrected chi connectivity index (χ4v) is 4.33. The fourth-order valence-electron chi connectivity index (χ4n) is 4.33. The van der Waals surface area contributed by atoms with Crippen LogP contribution in [0.4, 0.5) is 0 Å². The van der Waals surface area contributed by atoms with Gasteiger partial charge in [-0.2, -0.15) is 0 Å². The predicted octanol–water partition coefficient (Wildman–Crippen LogP) is 7.45. The zero-order valence-corrected chi connectivity index (χ0v) is 14.2. The molecule has 26 heavy (non-hydrogen) atoms. The summed E-state index contributed by atoms with van der Waals surface area (Å²) < 4.78 is 0. The van der Waals surface area contributed by atoms with Crippen LogP contribution >= 0.6 is 0 Å². The first-order chi connectivity index (χ1) is 12.9. The molecule has 0 unspecified atom stereocenters. The Morgan fingerprint density at radius 2 is 0.846 bits per heavy atom. The Morgan fingerprint density at radius 1 is 0.308 bits per heavy atom. The van der Waals surface area contributed by atoms with Crippen molar-refractivity contribution in [3.05, 3.63) is 97.1 Å². The first-order valence-corrected chi connectivity index (χ1v) is 9.04. The number of hydrogen-bond donors (Lipinski definition) is 0. The molecule has 0 aliphatic carbocycles. The van der Waals surface area contributed by atoms with Crippen LogP contribution in [0.5, 0.6) is 0 Å². The molecule has 120 valence electrons. The van der Waals surface area contributed by atoms with E-state index in [1.54, 1.807) is 0 Å². The monoisotopic (exact) mass is 328 g/mol. The molecule has 0 saturated heterocycles. The summed E-state index contributed by atoms with van der Waals surface area (Å²) in [6.45, 7) is 0. The second-order valence-electron chi connectivity index (χ2n) is 7.03. The standard InChI is InChI=1S/C26H16/c1-3-7-22-17(5-1)10-13-20-15-21-14-12-19-11-9-18-6-2-4-8-23(18)26(19)25(21)16-24(20)22/h1-16H. The van der Waals surface area contributed by atoms with Crippen molar-refractivity contribution < 1.29 is 0 Å². The smallest absolute Gasteiger partial charge is 0.00266 e. The largest absolute Gasteiger partial charge is 0.0616 e. The number of hydrogen-bond acceptors (Lipinski definition) is 0. The molecule has 0 N–H and O–H groups in total. The number of rotatable bonds is 0. The second-order valence-corrected chi connectivity index (χ2v) is 7.03. The minimum atomic E-state index is 1.30. The van der Waals surface area contributed by atoms with E-state index in [1.807, 2.05) is 0 Å². The van der Waals surface area contributed by atoms with E-state index in [2.05, 4.69) is 97.1 Å². The Labute approximate surface area is 151 Å². The topological polar surface area (TPSA) is 0 Å². The highest BCUT2D eigenvalue weighted by Crippen LogP contribution is 2.36. The lowest BCUT2D eigenvalue weighted by Crippen LogP contribution is -1.83. The molecule has 0 bridgehead atoms. The van der Waals surface area contributed by atoms with Crippen LogP contribution < -0.4 is 0 Å². The average Bonchev–Trinajstić information content (AvgIpc) is 2.71. The predicted molar refractivity (Wildman–Crippen MR) is 114 cm³/mol. The summed E-state index contributed by atoms with van der Waals surface area (Å²) in [4.78, 5) is 0. The molecule has 0 aliphatic heterocycles. The van der Waals surface area contributed by atoms with Crippen molar-refractivity contribution in [1.29, 1.82) is 0 Å². The summed E-state index contributed by atoms with van der Waals surface area (Å²) in [6, 6.07) is 35.5. The van der Waals surface area contributed by atoms with Gasteiger partial charge in [0.1, 0.15) is 0 Å². The summed E-state index contributed by atoms with van der Waals surface area (Å²) in [5.41, 5.74) is 0. The molecule has 0 saturated carbocycles. The van der Waals surface area contributed by atoms with Gasteiger partial charge in [0.25, 0.3) is 0 Å². The summed E-state index contributed by atoms with van der Waals surface area (Å²) in [6.07, 6.45) is 0. The highest BCUT2D eigenvalue weighted by atomic mass is 14.1. The Bertz CT molecular complexity index is 1470. The van der Waals surface area contributed by atoms with Gasteiger partial charge < -0.3 is 0 Å². The van der Waals surface area contributed by atoms with Crippen molar-refractivity contribution in [3.8, 4) is 0 Å². The molecule has 0 heteroatoms. The molecular weight excluding hydrogens is 312 g/mol. The molecule has 0 heterocycles. The van der Waals surface area contributed by atoms with Gasteiger partial charge in [-0.3, -0.25) is 0 Å². The lowest BCUT2D eigenvalue weighted by molar-refractivity contribution is 1.78. The van der Waals surface area contributed by atoms with Crippen LogP contribution in [0.1, 0.15) is 0 Å². The third-order valence-electron chi connectivity index (χ3n) is 5.59. The van der Waals surface area contributed by atoms with Gasteiger partial charge in [-0.15, -0.1) is 0 Å². The van der Waals surface area contributed by atoms with Gasteiger partial charge in [0.2, 0.25) is 0 Å². The molecule has 0 atom stereocenters. The van der Waals surface area contributed by atoms with Crippen LogP contribution in [0.3, 0.4) is 0 Å². The fraction of sp³-hybridized carbons (Fsp3) is 0. The maximum atomic E-state index is 2.39. The summed E-state index contributed by atoms with van der Waals surface area (Å²) in [7, 11) is 0. The lowest BCUT2D eigenvalue weighted by atomic mass is 9.93. The van der Waals surface area contributed by atoms with Crippen LogP contribution in [0.2, 0.25) is 0 Å². The van der Waals surface area contributed by atoms with E-state index in [0.29, 0.717) is 0 Å². The zero-order valence-electron chi connectivity index (χ0n) is 14.2. The van der Waals surface area contributed by atoms with Crippen LogP contribution in [0.15, 0.2) is 97.1 Å². The quantitative estimate of drug-likeness (QED) is 0.200. The van der Waals surface area contributed by atoms with E-state index in [-0.39, 0.29) is 0 Å². The van der Waals surface area contributed by atoms with Crippen molar-refractivity contribution >= 4 is 53.9 Å². The van der Waals surface area contributed by atoms with Gasteiger partial charge in [0.05, 0.1) is 0 Å². The van der Waals surface area contributed by atoms with Crippen LogP contribution in [-0.4, -0.2) is 0 Å². The van der Waals surface area contributed by atoms with E-state index in [1.165, 1.54) is 53.9 Å². The van der Waals surface area contributed by atoms with Crippen molar-refractivity contribution in [2.24, 2.45) is 0 Å². The molecule has 0 nitrogen and oxygen atoms in total. The molecule has 0 aliphatic rings. The number of fused-ring (bicyclic) bond motifs is 8. The summed E-state index contributed by atoms with van der Waals surface area (Å²) in [5, 5.41) is 13.2. The Balaban J connectivity index is 1.90. The molecule has 6 aromatic carbocycles. The summed E-state index contributed by atoms with van der Waals surface area (Å²) >= 11 is 0. The normalized spacial score (nSPS) is 11.8. The van der Waals surface area contributed by atoms with Crippen LogP contribution in [-0.2, 0) is 0 Å². The minimum absolute atomic E-state index is 1.30. The van der Waals surface area contributed by atoms with Gasteiger partial charge >= 0.3 is 0 Å². The van der Waals surface area contributed by atoms with Crippen molar-refractivity contribution in [3.63, 3.8) is 0 Å². The highest BCUT2D eigenvalue weighted by molar-refractivity contribution is 6.23. The summed E-state index contributed by atoms with van der Waals surface area (Å²) in [5.74, 6) is 0. The third-order valence-corrected chi connectivity index (χ3v) is 5.59. The van der Waals surface area contributed by atoms with E-state index < -0.39 is 0 Å². The molecular formula is C26H16. The molecule has 0 spiro atoms. The van der Waals surface area contributed by atoms with Gasteiger partial charge in [-0.25, -0.2) is 0 Å². The average molecular weight is 328 g/mol. The van der Waals surface area contributed by atoms with Gasteiger partial charge in [-0.05, 0) is 66.0 Å². The minimum Gasteiger partial charge on any atom is -0.0616 e. The first kappa shape index (κ1) is 13.9. The molecule has 0 fully saturated rings. The van der Waals surface area contributed by atoms with Crippen molar-refractivity contribution in [2.75, 3.05) is 0 Å². The second kappa shape index (κ2) is 5.06. The molecule has 0 aromatic heterocycles. The zero-order chi connectivity index (χ0) is 17.1. The van der Waals surface area contributed by atoms with E-state index >= 15 is 0 Å². The highest BCUT2D eigenvalue weighted by Gasteiger charge is 2.08. The lowest BCUT2D eigenvalue weighted by Gasteiger charge is -2.11. The molecule has 6 rings (SSSR count). The molecule has 6 aromatic rings. The van der Waals surface area contributed by atoms with E-state index in [4.69, 9.17) is 0 Å². The maximum absolute atomic E-state index is 2.39. The van der Waals surface area contributed by atoms with Gasteiger partial charge in [0.15, 0.2) is 0 Å². The Morgan fingerprint density at radius 3 is 1.62 bits per heavy atom. The van der Waals surface area contributed by atoms with E-state index in [0.717, 1.165) is 0 Å². The maximum Gasteiger partial charge on any atom is -0.00266 e. The SMILES string of the molecule is c1ccc2c(c1)ccc1cc3ccc4ccc5ccccc5c4c3cc12. The molecule has 0 radical (unpaired) electrons. The van der Waals surface area contributed by atoms with Gasteiger partial charge in [-0.1, -0.05) is 84.9 Å². The molecule has 0 amide bonds. The van der Waals surface area contributed by atoms with E-state index in [9.17, 15) is 0 Å². The van der Waals surface area contributed by atoms with Crippen molar-refractivity contribution in [1.82, 2.24) is 0 Å². The number of benzene rings is 6. The first-order valence-electron chi connectivity index (χ1n) is 9.04. The van der Waals surface area contributed by atoms with Crippen molar-refractivity contribution in [2.45, 2.75) is 0 Å². The van der Waals surface area contributed by atoms with Crippen LogP contribution in [0.25, 0.3) is 53.9 Å². The Hall–Kier alpha value is -3.38.